The number of anilines is 1. The molecule has 1 aromatic heterocycles. The van der Waals surface area contributed by atoms with E-state index in [1.807, 2.05) is 12.1 Å². The van der Waals surface area contributed by atoms with Crippen molar-refractivity contribution in [2.75, 3.05) is 25.0 Å². The summed E-state index contributed by atoms with van der Waals surface area (Å²) in [4.78, 5) is 15.6. The molecule has 1 amide bonds. The van der Waals surface area contributed by atoms with Gasteiger partial charge in [-0.05, 0) is 12.1 Å². The molecular weight excluding hydrogens is 277 g/mol. The molecular formula is C11H17Cl2N3O2. The molecule has 1 aliphatic heterocycles. The summed E-state index contributed by atoms with van der Waals surface area (Å²) in [7, 11) is 0. The molecule has 102 valence electrons. The first-order valence-electron chi connectivity index (χ1n) is 5.38. The summed E-state index contributed by atoms with van der Waals surface area (Å²) in [5.41, 5.74) is 0. The number of morpholine rings is 1. The minimum atomic E-state index is -0.0626. The molecule has 18 heavy (non-hydrogen) atoms. The standard InChI is InChI=1S/C11H15N3O2.2ClH/c15-11(7-9-8-12-5-6-16-9)14-10-3-1-2-4-13-10;;/h1-4,9,12H,5-8H2,(H,13,14,15);2*1H. The van der Waals surface area contributed by atoms with Gasteiger partial charge in [0.25, 0.3) is 0 Å². The number of carbonyl (C=O) groups is 1. The van der Waals surface area contributed by atoms with Crippen LogP contribution >= 0.6 is 24.8 Å². The van der Waals surface area contributed by atoms with Gasteiger partial charge in [-0.15, -0.1) is 24.8 Å². The van der Waals surface area contributed by atoms with Crippen LogP contribution in [0.25, 0.3) is 0 Å². The largest absolute Gasteiger partial charge is 0.375 e. The first-order valence-corrected chi connectivity index (χ1v) is 5.38. The predicted octanol–water partition coefficient (Wildman–Crippen LogP) is 1.24. The highest BCUT2D eigenvalue weighted by Gasteiger charge is 2.17. The van der Waals surface area contributed by atoms with Gasteiger partial charge in [0, 0.05) is 19.3 Å². The molecule has 0 aromatic carbocycles. The van der Waals surface area contributed by atoms with Crippen LogP contribution in [0.4, 0.5) is 5.82 Å². The molecule has 1 saturated heterocycles. The zero-order valence-electron chi connectivity index (χ0n) is 9.80. The third-order valence-corrected chi connectivity index (χ3v) is 2.35. The van der Waals surface area contributed by atoms with Gasteiger partial charge in [-0.3, -0.25) is 4.79 Å². The van der Waals surface area contributed by atoms with Crippen LogP contribution in [0.5, 0.6) is 0 Å². The number of nitrogens with zero attached hydrogens (tertiary/aromatic N) is 1. The minimum absolute atomic E-state index is 0. The molecule has 7 heteroatoms. The quantitative estimate of drug-likeness (QED) is 0.880. The van der Waals surface area contributed by atoms with Crippen molar-refractivity contribution in [3.63, 3.8) is 0 Å². The van der Waals surface area contributed by atoms with E-state index < -0.39 is 0 Å². The van der Waals surface area contributed by atoms with Crippen molar-refractivity contribution in [2.24, 2.45) is 0 Å². The Hall–Kier alpha value is -0.880. The Morgan fingerprint density at radius 2 is 2.33 bits per heavy atom. The summed E-state index contributed by atoms with van der Waals surface area (Å²) < 4.78 is 5.44. The van der Waals surface area contributed by atoms with Crippen molar-refractivity contribution in [3.8, 4) is 0 Å². The summed E-state index contributed by atoms with van der Waals surface area (Å²) in [6.07, 6.45) is 1.98. The number of rotatable bonds is 3. The third-order valence-electron chi connectivity index (χ3n) is 2.35. The molecule has 0 spiro atoms. The summed E-state index contributed by atoms with van der Waals surface area (Å²) in [5, 5.41) is 5.91. The average Bonchev–Trinajstić information content (AvgIpc) is 2.31. The van der Waals surface area contributed by atoms with Crippen molar-refractivity contribution < 1.29 is 9.53 Å². The fourth-order valence-electron chi connectivity index (χ4n) is 1.59. The van der Waals surface area contributed by atoms with Gasteiger partial charge < -0.3 is 15.4 Å². The fraction of sp³-hybridized carbons (Fsp3) is 0.455. The predicted molar refractivity (Wildman–Crippen MR) is 74.6 cm³/mol. The van der Waals surface area contributed by atoms with Gasteiger partial charge >= 0.3 is 0 Å². The van der Waals surface area contributed by atoms with E-state index in [4.69, 9.17) is 4.74 Å². The maximum absolute atomic E-state index is 11.6. The van der Waals surface area contributed by atoms with E-state index in [9.17, 15) is 4.79 Å². The SMILES string of the molecule is Cl.Cl.O=C(CC1CNCCO1)Nc1ccccn1. The van der Waals surface area contributed by atoms with Gasteiger partial charge in [0.15, 0.2) is 0 Å². The van der Waals surface area contributed by atoms with Crippen LogP contribution in [0.1, 0.15) is 6.42 Å². The average molecular weight is 294 g/mol. The zero-order chi connectivity index (χ0) is 11.2. The third kappa shape index (κ3) is 5.64. The molecule has 0 aliphatic carbocycles. The highest BCUT2D eigenvalue weighted by molar-refractivity contribution is 5.90. The van der Waals surface area contributed by atoms with Crippen LogP contribution in [0, 0.1) is 0 Å². The van der Waals surface area contributed by atoms with Crippen LogP contribution in [0.2, 0.25) is 0 Å². The lowest BCUT2D eigenvalue weighted by atomic mass is 10.2. The monoisotopic (exact) mass is 293 g/mol. The van der Waals surface area contributed by atoms with Crippen molar-refractivity contribution in [1.82, 2.24) is 10.3 Å². The number of aromatic nitrogens is 1. The molecule has 0 radical (unpaired) electrons. The lowest BCUT2D eigenvalue weighted by molar-refractivity contribution is -0.119. The Kier molecular flexibility index (Phi) is 8.66. The van der Waals surface area contributed by atoms with E-state index in [2.05, 4.69) is 15.6 Å². The Balaban J connectivity index is 0.00000144. The van der Waals surface area contributed by atoms with E-state index in [-0.39, 0.29) is 36.8 Å². The molecule has 1 aromatic rings. The first kappa shape index (κ1) is 17.1. The van der Waals surface area contributed by atoms with Crippen molar-refractivity contribution in [1.29, 1.82) is 0 Å². The van der Waals surface area contributed by atoms with Gasteiger partial charge in [-0.2, -0.15) is 0 Å². The molecule has 2 heterocycles. The molecule has 5 nitrogen and oxygen atoms in total. The maximum atomic E-state index is 11.6. The number of hydrogen-bond acceptors (Lipinski definition) is 4. The first-order chi connectivity index (χ1) is 7.84. The van der Waals surface area contributed by atoms with E-state index >= 15 is 0 Å². The van der Waals surface area contributed by atoms with Crippen LogP contribution in [0.15, 0.2) is 24.4 Å². The molecule has 1 atom stereocenters. The lowest BCUT2D eigenvalue weighted by Crippen LogP contribution is -2.40. The maximum Gasteiger partial charge on any atom is 0.228 e. The van der Waals surface area contributed by atoms with Crippen LogP contribution < -0.4 is 10.6 Å². The van der Waals surface area contributed by atoms with Crippen molar-refractivity contribution in [2.45, 2.75) is 12.5 Å². The molecule has 0 bridgehead atoms. The second-order valence-electron chi connectivity index (χ2n) is 3.66. The normalized spacial score (nSPS) is 18.1. The van der Waals surface area contributed by atoms with E-state index in [1.165, 1.54) is 0 Å². The molecule has 1 unspecified atom stereocenters. The van der Waals surface area contributed by atoms with E-state index in [0.29, 0.717) is 18.8 Å². The minimum Gasteiger partial charge on any atom is -0.375 e. The summed E-state index contributed by atoms with van der Waals surface area (Å²) in [6.45, 7) is 2.26. The number of nitrogens with one attached hydrogen (secondary N) is 2. The van der Waals surface area contributed by atoms with Gasteiger partial charge in [0.1, 0.15) is 5.82 Å². The smallest absolute Gasteiger partial charge is 0.228 e. The molecule has 1 fully saturated rings. The topological polar surface area (TPSA) is 63.2 Å². The highest BCUT2D eigenvalue weighted by atomic mass is 35.5. The Labute approximate surface area is 119 Å². The molecule has 1 aliphatic rings. The van der Waals surface area contributed by atoms with Gasteiger partial charge in [0.05, 0.1) is 19.1 Å². The van der Waals surface area contributed by atoms with E-state index in [0.717, 1.165) is 13.1 Å². The number of halogens is 2. The Bertz CT molecular complexity index is 345. The number of carbonyl (C=O) groups excluding carboxylic acids is 1. The van der Waals surface area contributed by atoms with Crippen LogP contribution in [-0.4, -0.2) is 36.7 Å². The van der Waals surface area contributed by atoms with Gasteiger partial charge in [0.2, 0.25) is 5.91 Å². The molecule has 2 rings (SSSR count). The summed E-state index contributed by atoms with van der Waals surface area (Å²) in [5.74, 6) is 0.517. The number of ether oxygens (including phenoxy) is 1. The van der Waals surface area contributed by atoms with E-state index in [1.54, 1.807) is 12.3 Å². The Morgan fingerprint density at radius 3 is 2.94 bits per heavy atom. The fourth-order valence-corrected chi connectivity index (χ4v) is 1.59. The molecule has 0 saturated carbocycles. The highest BCUT2D eigenvalue weighted by Crippen LogP contribution is 2.05. The molecule has 2 N–H and O–H groups in total. The second-order valence-corrected chi connectivity index (χ2v) is 3.66. The summed E-state index contributed by atoms with van der Waals surface area (Å²) >= 11 is 0. The van der Waals surface area contributed by atoms with Gasteiger partial charge in [-0.1, -0.05) is 6.07 Å². The number of pyridine rings is 1. The lowest BCUT2D eigenvalue weighted by Gasteiger charge is -2.22. The van der Waals surface area contributed by atoms with Crippen molar-refractivity contribution >= 4 is 36.5 Å². The van der Waals surface area contributed by atoms with Crippen LogP contribution in [0.3, 0.4) is 0 Å². The van der Waals surface area contributed by atoms with Gasteiger partial charge in [-0.25, -0.2) is 4.98 Å². The number of amides is 1. The Morgan fingerprint density at radius 1 is 1.50 bits per heavy atom. The van der Waals surface area contributed by atoms with Crippen molar-refractivity contribution in [3.05, 3.63) is 24.4 Å². The van der Waals surface area contributed by atoms with Crippen LogP contribution in [-0.2, 0) is 9.53 Å². The zero-order valence-corrected chi connectivity index (χ0v) is 11.4. The number of hydrogen-bond donors (Lipinski definition) is 2. The second kappa shape index (κ2) is 9.10. The summed E-state index contributed by atoms with van der Waals surface area (Å²) in [6, 6.07) is 5.41.